The third-order valence-corrected chi connectivity index (χ3v) is 4.69. The maximum absolute atomic E-state index is 12.6. The van der Waals surface area contributed by atoms with Crippen LogP contribution >= 0.6 is 11.6 Å². The first kappa shape index (κ1) is 16.0. The van der Waals surface area contributed by atoms with E-state index in [1.807, 2.05) is 25.1 Å². The second-order valence-electron chi connectivity index (χ2n) is 6.38. The van der Waals surface area contributed by atoms with Crippen LogP contribution in [0.3, 0.4) is 0 Å². The lowest BCUT2D eigenvalue weighted by Crippen LogP contribution is -2.34. The Kier molecular flexibility index (Phi) is 4.09. The van der Waals surface area contributed by atoms with Crippen LogP contribution in [0.2, 0.25) is 5.02 Å². The van der Waals surface area contributed by atoms with Crippen molar-refractivity contribution in [2.24, 2.45) is 5.92 Å². The van der Waals surface area contributed by atoms with Gasteiger partial charge < -0.3 is 9.73 Å². The van der Waals surface area contributed by atoms with Crippen molar-refractivity contribution in [1.82, 2.24) is 15.1 Å². The fraction of sp³-hybridized carbons (Fsp3) is 0.263. The van der Waals surface area contributed by atoms with Gasteiger partial charge in [0.1, 0.15) is 5.69 Å². The first-order chi connectivity index (χ1) is 12.1. The van der Waals surface area contributed by atoms with Crippen molar-refractivity contribution in [3.8, 4) is 17.1 Å². The average molecular weight is 356 g/mol. The SMILES string of the molecule is CC(NC(=O)c1cc(-c2ccco2)n(-c2cccc(Cl)c2)n1)C1CC1. The normalized spacial score (nSPS) is 15.1. The maximum Gasteiger partial charge on any atom is 0.272 e. The first-order valence-electron chi connectivity index (χ1n) is 8.32. The molecule has 1 saturated carbocycles. The molecular formula is C19H18ClN3O2. The van der Waals surface area contributed by atoms with Gasteiger partial charge in [0.15, 0.2) is 11.5 Å². The molecule has 1 N–H and O–H groups in total. The van der Waals surface area contributed by atoms with E-state index in [2.05, 4.69) is 10.4 Å². The van der Waals surface area contributed by atoms with Crippen LogP contribution in [0, 0.1) is 5.92 Å². The average Bonchev–Trinajstić information content (AvgIpc) is 3.13. The second kappa shape index (κ2) is 6.41. The summed E-state index contributed by atoms with van der Waals surface area (Å²) in [6.45, 7) is 2.04. The number of hydrogen-bond donors (Lipinski definition) is 1. The van der Waals surface area contributed by atoms with Crippen LogP contribution in [0.15, 0.2) is 53.1 Å². The van der Waals surface area contributed by atoms with Gasteiger partial charge in [0.2, 0.25) is 0 Å². The summed E-state index contributed by atoms with van der Waals surface area (Å²) < 4.78 is 7.19. The number of benzene rings is 1. The number of halogens is 1. The molecule has 2 aromatic heterocycles. The maximum atomic E-state index is 12.6. The standard InChI is InChI=1S/C19H18ClN3O2/c1-12(13-7-8-13)21-19(24)16-11-17(18-6-3-9-25-18)23(22-16)15-5-2-4-14(20)10-15/h2-6,9-13H,7-8H2,1H3,(H,21,24). The Labute approximate surface area is 150 Å². The summed E-state index contributed by atoms with van der Waals surface area (Å²) in [6, 6.07) is 12.9. The zero-order valence-corrected chi connectivity index (χ0v) is 14.5. The van der Waals surface area contributed by atoms with Crippen LogP contribution in [0.4, 0.5) is 0 Å². The molecule has 2 heterocycles. The molecule has 5 nitrogen and oxygen atoms in total. The fourth-order valence-corrected chi connectivity index (χ4v) is 3.08. The Morgan fingerprint density at radius 1 is 1.32 bits per heavy atom. The number of nitrogens with one attached hydrogen (secondary N) is 1. The van der Waals surface area contributed by atoms with Gasteiger partial charge in [-0.2, -0.15) is 5.10 Å². The van der Waals surface area contributed by atoms with Crippen molar-refractivity contribution in [2.75, 3.05) is 0 Å². The number of nitrogens with zero attached hydrogens (tertiary/aromatic N) is 2. The molecule has 1 aromatic carbocycles. The molecule has 0 spiro atoms. The summed E-state index contributed by atoms with van der Waals surface area (Å²) in [5, 5.41) is 8.14. The molecule has 4 rings (SSSR count). The fourth-order valence-electron chi connectivity index (χ4n) is 2.89. The molecule has 0 radical (unpaired) electrons. The number of carbonyl (C=O) groups is 1. The van der Waals surface area contributed by atoms with Crippen LogP contribution < -0.4 is 5.32 Å². The molecule has 0 saturated heterocycles. The van der Waals surface area contributed by atoms with E-state index in [4.69, 9.17) is 16.0 Å². The number of aromatic nitrogens is 2. The topological polar surface area (TPSA) is 60.1 Å². The smallest absolute Gasteiger partial charge is 0.272 e. The van der Waals surface area contributed by atoms with E-state index < -0.39 is 0 Å². The Balaban J connectivity index is 1.72. The molecule has 0 aliphatic heterocycles. The van der Waals surface area contributed by atoms with Gasteiger partial charge in [0.25, 0.3) is 5.91 Å². The van der Waals surface area contributed by atoms with E-state index in [9.17, 15) is 4.79 Å². The Morgan fingerprint density at radius 2 is 2.16 bits per heavy atom. The van der Waals surface area contributed by atoms with Crippen molar-refractivity contribution in [3.05, 3.63) is 59.4 Å². The molecule has 6 heteroatoms. The van der Waals surface area contributed by atoms with E-state index in [-0.39, 0.29) is 11.9 Å². The summed E-state index contributed by atoms with van der Waals surface area (Å²) in [4.78, 5) is 12.6. The third-order valence-electron chi connectivity index (χ3n) is 4.46. The number of furan rings is 1. The Bertz CT molecular complexity index is 897. The zero-order chi connectivity index (χ0) is 17.4. The summed E-state index contributed by atoms with van der Waals surface area (Å²) in [5.41, 5.74) is 1.84. The van der Waals surface area contributed by atoms with Gasteiger partial charge in [0.05, 0.1) is 12.0 Å². The molecule has 3 aromatic rings. The van der Waals surface area contributed by atoms with Crippen LogP contribution in [-0.2, 0) is 0 Å². The summed E-state index contributed by atoms with van der Waals surface area (Å²) in [7, 11) is 0. The third kappa shape index (κ3) is 3.33. The van der Waals surface area contributed by atoms with Gasteiger partial charge in [-0.1, -0.05) is 17.7 Å². The highest BCUT2D eigenvalue weighted by atomic mass is 35.5. The van der Waals surface area contributed by atoms with Gasteiger partial charge in [-0.25, -0.2) is 4.68 Å². The number of rotatable bonds is 5. The van der Waals surface area contributed by atoms with E-state index in [0.29, 0.717) is 28.1 Å². The highest BCUT2D eigenvalue weighted by molar-refractivity contribution is 6.30. The minimum Gasteiger partial charge on any atom is -0.463 e. The van der Waals surface area contributed by atoms with Gasteiger partial charge in [-0.3, -0.25) is 4.79 Å². The molecule has 1 atom stereocenters. The van der Waals surface area contributed by atoms with Crippen molar-refractivity contribution in [2.45, 2.75) is 25.8 Å². The molecule has 1 aliphatic rings. The van der Waals surface area contributed by atoms with Crippen LogP contribution in [0.25, 0.3) is 17.1 Å². The largest absolute Gasteiger partial charge is 0.463 e. The molecule has 1 fully saturated rings. The lowest BCUT2D eigenvalue weighted by atomic mass is 10.2. The van der Waals surface area contributed by atoms with E-state index in [1.54, 1.807) is 35.2 Å². The summed E-state index contributed by atoms with van der Waals surface area (Å²) >= 11 is 6.11. The van der Waals surface area contributed by atoms with Crippen LogP contribution in [0.5, 0.6) is 0 Å². The predicted molar refractivity (Wildman–Crippen MR) is 95.9 cm³/mol. The second-order valence-corrected chi connectivity index (χ2v) is 6.82. The molecule has 1 amide bonds. The monoisotopic (exact) mass is 355 g/mol. The summed E-state index contributed by atoms with van der Waals surface area (Å²) in [5.74, 6) is 1.05. The minimum absolute atomic E-state index is 0.163. The van der Waals surface area contributed by atoms with Crippen molar-refractivity contribution < 1.29 is 9.21 Å². The predicted octanol–water partition coefficient (Wildman–Crippen LogP) is 4.31. The lowest BCUT2D eigenvalue weighted by molar-refractivity contribution is 0.0930. The minimum atomic E-state index is -0.173. The number of carbonyl (C=O) groups excluding carboxylic acids is 1. The van der Waals surface area contributed by atoms with Crippen LogP contribution in [0.1, 0.15) is 30.3 Å². The first-order valence-corrected chi connectivity index (χ1v) is 8.70. The number of hydrogen-bond acceptors (Lipinski definition) is 3. The van der Waals surface area contributed by atoms with E-state index >= 15 is 0 Å². The van der Waals surface area contributed by atoms with Crippen molar-refractivity contribution in [1.29, 1.82) is 0 Å². The van der Waals surface area contributed by atoms with Crippen LogP contribution in [-0.4, -0.2) is 21.7 Å². The quantitative estimate of drug-likeness (QED) is 0.741. The van der Waals surface area contributed by atoms with Crippen molar-refractivity contribution >= 4 is 17.5 Å². The highest BCUT2D eigenvalue weighted by Gasteiger charge is 2.30. The highest BCUT2D eigenvalue weighted by Crippen LogP contribution is 2.32. The summed E-state index contributed by atoms with van der Waals surface area (Å²) in [6.07, 6.45) is 3.95. The molecule has 1 unspecified atom stereocenters. The van der Waals surface area contributed by atoms with E-state index in [1.165, 1.54) is 12.8 Å². The van der Waals surface area contributed by atoms with Gasteiger partial charge >= 0.3 is 0 Å². The Morgan fingerprint density at radius 3 is 2.84 bits per heavy atom. The molecule has 25 heavy (non-hydrogen) atoms. The molecule has 1 aliphatic carbocycles. The van der Waals surface area contributed by atoms with E-state index in [0.717, 1.165) is 5.69 Å². The number of amides is 1. The van der Waals surface area contributed by atoms with Gasteiger partial charge in [-0.15, -0.1) is 0 Å². The Hall–Kier alpha value is -2.53. The lowest BCUT2D eigenvalue weighted by Gasteiger charge is -2.11. The van der Waals surface area contributed by atoms with Gasteiger partial charge in [-0.05, 0) is 56.0 Å². The van der Waals surface area contributed by atoms with Crippen molar-refractivity contribution in [3.63, 3.8) is 0 Å². The molecule has 128 valence electrons. The molecule has 0 bridgehead atoms. The zero-order valence-electron chi connectivity index (χ0n) is 13.8. The van der Waals surface area contributed by atoms with Gasteiger partial charge in [0, 0.05) is 17.1 Å². The molecular weight excluding hydrogens is 338 g/mol.